The fourth-order valence-corrected chi connectivity index (χ4v) is 4.20. The number of nitrogens with zero attached hydrogens (tertiary/aromatic N) is 2. The van der Waals surface area contributed by atoms with Crippen LogP contribution in [0.5, 0.6) is 0 Å². The van der Waals surface area contributed by atoms with E-state index in [1.807, 2.05) is 34.5 Å². The molecule has 0 spiro atoms. The fourth-order valence-electron chi connectivity index (χ4n) is 3.06. The van der Waals surface area contributed by atoms with Crippen LogP contribution in [0.2, 0.25) is 5.02 Å². The maximum atomic E-state index is 12.5. The van der Waals surface area contributed by atoms with Gasteiger partial charge in [-0.1, -0.05) is 29.8 Å². The average molecular weight is 423 g/mol. The van der Waals surface area contributed by atoms with Gasteiger partial charge in [-0.25, -0.2) is 4.98 Å². The number of amides is 1. The zero-order valence-electron chi connectivity index (χ0n) is 13.9. The van der Waals surface area contributed by atoms with Crippen LogP contribution in [0.25, 0.3) is 10.6 Å². The first-order valence-electron chi connectivity index (χ1n) is 7.77. The van der Waals surface area contributed by atoms with Crippen LogP contribution in [0.15, 0.2) is 29.6 Å². The lowest BCUT2D eigenvalue weighted by molar-refractivity contribution is -0.131. The molecule has 138 valence electrons. The van der Waals surface area contributed by atoms with E-state index in [1.54, 1.807) is 0 Å². The van der Waals surface area contributed by atoms with Crippen LogP contribution in [-0.4, -0.2) is 34.9 Å². The molecule has 3 rings (SSSR count). The molecular formula is C17H22Cl3N3OS. The number of hydrogen-bond donors (Lipinski definition) is 1. The van der Waals surface area contributed by atoms with E-state index in [0.29, 0.717) is 23.9 Å². The van der Waals surface area contributed by atoms with E-state index in [2.05, 4.69) is 11.9 Å². The third-order valence-corrected chi connectivity index (χ3v) is 5.56. The van der Waals surface area contributed by atoms with Gasteiger partial charge in [-0.2, -0.15) is 0 Å². The molecule has 1 fully saturated rings. The Kier molecular flexibility index (Phi) is 8.64. The van der Waals surface area contributed by atoms with Crippen LogP contribution < -0.4 is 5.73 Å². The average Bonchev–Trinajstić information content (AvgIpc) is 3.14. The SMILES string of the molecule is CC1CC(CN)CN1C(=O)Cc1csc(-c2ccccc2Cl)n1.Cl.Cl. The topological polar surface area (TPSA) is 59.2 Å². The van der Waals surface area contributed by atoms with Crippen LogP contribution >= 0.6 is 47.8 Å². The molecule has 1 aliphatic heterocycles. The van der Waals surface area contributed by atoms with Crippen molar-refractivity contribution in [3.63, 3.8) is 0 Å². The first-order chi connectivity index (χ1) is 11.1. The van der Waals surface area contributed by atoms with Crippen molar-refractivity contribution in [1.82, 2.24) is 9.88 Å². The number of halogens is 3. The number of rotatable bonds is 4. The van der Waals surface area contributed by atoms with E-state index in [-0.39, 0.29) is 36.8 Å². The molecule has 2 aromatic rings. The summed E-state index contributed by atoms with van der Waals surface area (Å²) in [5.74, 6) is 0.549. The molecular weight excluding hydrogens is 401 g/mol. The molecule has 2 N–H and O–H groups in total. The van der Waals surface area contributed by atoms with Crippen molar-refractivity contribution in [2.45, 2.75) is 25.8 Å². The summed E-state index contributed by atoms with van der Waals surface area (Å²) in [6.45, 7) is 3.49. The summed E-state index contributed by atoms with van der Waals surface area (Å²) in [7, 11) is 0. The van der Waals surface area contributed by atoms with Crippen molar-refractivity contribution in [2.75, 3.05) is 13.1 Å². The maximum Gasteiger partial charge on any atom is 0.228 e. The summed E-state index contributed by atoms with van der Waals surface area (Å²) in [4.78, 5) is 19.0. The minimum atomic E-state index is 0. The predicted molar refractivity (Wildman–Crippen MR) is 109 cm³/mol. The third-order valence-electron chi connectivity index (χ3n) is 4.30. The molecule has 1 aromatic carbocycles. The lowest BCUT2D eigenvalue weighted by Gasteiger charge is -2.21. The lowest BCUT2D eigenvalue weighted by atomic mass is 10.1. The van der Waals surface area contributed by atoms with Gasteiger partial charge in [0.15, 0.2) is 0 Å². The van der Waals surface area contributed by atoms with Gasteiger partial charge in [0.25, 0.3) is 0 Å². The molecule has 4 nitrogen and oxygen atoms in total. The van der Waals surface area contributed by atoms with E-state index in [0.717, 1.165) is 29.2 Å². The summed E-state index contributed by atoms with van der Waals surface area (Å²) < 4.78 is 0. The summed E-state index contributed by atoms with van der Waals surface area (Å²) in [5, 5.41) is 3.48. The molecule has 1 aliphatic rings. The lowest BCUT2D eigenvalue weighted by Crippen LogP contribution is -2.35. The number of nitrogens with two attached hydrogens (primary N) is 1. The molecule has 2 unspecified atom stereocenters. The van der Waals surface area contributed by atoms with Crippen LogP contribution in [-0.2, 0) is 11.2 Å². The second kappa shape index (κ2) is 9.74. The molecule has 0 bridgehead atoms. The Labute approximate surface area is 169 Å². The number of benzene rings is 1. The predicted octanol–water partition coefficient (Wildman–Crippen LogP) is 4.05. The van der Waals surface area contributed by atoms with Crippen LogP contribution in [0.1, 0.15) is 19.0 Å². The molecule has 25 heavy (non-hydrogen) atoms. The van der Waals surface area contributed by atoms with Crippen molar-refractivity contribution in [1.29, 1.82) is 0 Å². The Bertz CT molecular complexity index is 710. The minimum Gasteiger partial charge on any atom is -0.339 e. The summed E-state index contributed by atoms with van der Waals surface area (Å²) in [6, 6.07) is 7.89. The van der Waals surface area contributed by atoms with Gasteiger partial charge in [0.2, 0.25) is 5.91 Å². The monoisotopic (exact) mass is 421 g/mol. The van der Waals surface area contributed by atoms with Crippen molar-refractivity contribution < 1.29 is 4.79 Å². The molecule has 1 amide bonds. The highest BCUT2D eigenvalue weighted by Crippen LogP contribution is 2.30. The second-order valence-corrected chi connectivity index (χ2v) is 7.30. The van der Waals surface area contributed by atoms with Gasteiger partial charge in [-0.05, 0) is 31.9 Å². The van der Waals surface area contributed by atoms with E-state index in [1.165, 1.54) is 11.3 Å². The first kappa shape index (κ1) is 22.2. The van der Waals surface area contributed by atoms with E-state index in [9.17, 15) is 4.79 Å². The Morgan fingerprint density at radius 3 is 2.76 bits per heavy atom. The number of likely N-dealkylation sites (tertiary alicyclic amines) is 1. The minimum absolute atomic E-state index is 0. The Morgan fingerprint density at radius 1 is 1.40 bits per heavy atom. The van der Waals surface area contributed by atoms with Crippen LogP contribution in [0.3, 0.4) is 0 Å². The van der Waals surface area contributed by atoms with Gasteiger partial charge >= 0.3 is 0 Å². The number of thiazole rings is 1. The normalized spacial score (nSPS) is 19.2. The van der Waals surface area contributed by atoms with Gasteiger partial charge in [-0.15, -0.1) is 36.2 Å². The van der Waals surface area contributed by atoms with Crippen molar-refractivity contribution in [2.24, 2.45) is 11.7 Å². The second-order valence-electron chi connectivity index (χ2n) is 6.03. The van der Waals surface area contributed by atoms with Crippen LogP contribution in [0.4, 0.5) is 0 Å². The van der Waals surface area contributed by atoms with Crippen molar-refractivity contribution >= 4 is 53.7 Å². The van der Waals surface area contributed by atoms with Gasteiger partial charge in [0, 0.05) is 23.5 Å². The number of hydrogen-bond acceptors (Lipinski definition) is 4. The van der Waals surface area contributed by atoms with Crippen molar-refractivity contribution in [3.05, 3.63) is 40.4 Å². The first-order valence-corrected chi connectivity index (χ1v) is 9.03. The smallest absolute Gasteiger partial charge is 0.228 e. The summed E-state index contributed by atoms with van der Waals surface area (Å²) in [6.07, 6.45) is 1.33. The summed E-state index contributed by atoms with van der Waals surface area (Å²) in [5.41, 5.74) is 7.45. The van der Waals surface area contributed by atoms with E-state index < -0.39 is 0 Å². The highest BCUT2D eigenvalue weighted by Gasteiger charge is 2.31. The van der Waals surface area contributed by atoms with Gasteiger partial charge < -0.3 is 10.6 Å². The highest BCUT2D eigenvalue weighted by molar-refractivity contribution is 7.13. The summed E-state index contributed by atoms with van der Waals surface area (Å²) >= 11 is 7.73. The van der Waals surface area contributed by atoms with Crippen LogP contribution in [0, 0.1) is 5.92 Å². The Balaban J connectivity index is 0.00000156. The van der Waals surface area contributed by atoms with E-state index in [4.69, 9.17) is 17.3 Å². The third kappa shape index (κ3) is 5.08. The molecule has 0 saturated carbocycles. The molecule has 8 heteroatoms. The molecule has 0 aliphatic carbocycles. The van der Waals surface area contributed by atoms with Gasteiger partial charge in [0.05, 0.1) is 17.1 Å². The maximum absolute atomic E-state index is 12.5. The standard InChI is InChI=1S/C17H20ClN3OS.2ClH/c1-11-6-12(8-19)9-21(11)16(22)7-13-10-23-17(20-13)14-4-2-3-5-15(14)18;;/h2-5,10-12H,6-9,19H2,1H3;2*1H. The van der Waals surface area contributed by atoms with Gasteiger partial charge in [0.1, 0.15) is 5.01 Å². The highest BCUT2D eigenvalue weighted by atomic mass is 35.5. The molecule has 2 atom stereocenters. The number of carbonyl (C=O) groups is 1. The molecule has 0 radical (unpaired) electrons. The molecule has 2 heterocycles. The van der Waals surface area contributed by atoms with Crippen molar-refractivity contribution in [3.8, 4) is 10.6 Å². The number of aromatic nitrogens is 1. The Morgan fingerprint density at radius 2 is 2.12 bits per heavy atom. The van der Waals surface area contributed by atoms with Gasteiger partial charge in [-0.3, -0.25) is 4.79 Å². The number of carbonyl (C=O) groups excluding carboxylic acids is 1. The zero-order chi connectivity index (χ0) is 16.4. The quantitative estimate of drug-likeness (QED) is 0.808. The largest absolute Gasteiger partial charge is 0.339 e. The fraction of sp³-hybridized carbons (Fsp3) is 0.412. The Hall–Kier alpha value is -0.850. The molecule has 1 saturated heterocycles. The molecule has 1 aromatic heterocycles. The van der Waals surface area contributed by atoms with E-state index >= 15 is 0 Å². The zero-order valence-corrected chi connectivity index (χ0v) is 17.1.